The van der Waals surface area contributed by atoms with E-state index in [4.69, 9.17) is 10.2 Å². The molecule has 34 heavy (non-hydrogen) atoms. The number of carboxylic acids is 2. The zero-order chi connectivity index (χ0) is 26.4. The lowest BCUT2D eigenvalue weighted by molar-refractivity contribution is -0.136. The molecule has 0 aromatic heterocycles. The van der Waals surface area contributed by atoms with E-state index in [1.807, 2.05) is 20.8 Å². The highest BCUT2D eigenvalue weighted by molar-refractivity contribution is 5.97. The fourth-order valence-electron chi connectivity index (χ4n) is 3.52. The van der Waals surface area contributed by atoms with E-state index in [9.17, 15) is 19.2 Å². The van der Waals surface area contributed by atoms with E-state index in [0.717, 1.165) is 42.9 Å². The molecule has 2 amide bonds. The highest BCUT2D eigenvalue weighted by Gasteiger charge is 2.24. The first-order valence-corrected chi connectivity index (χ1v) is 11.4. The van der Waals surface area contributed by atoms with Crippen LogP contribution < -0.4 is 5.32 Å². The van der Waals surface area contributed by atoms with Crippen LogP contribution in [0.5, 0.6) is 0 Å². The lowest BCUT2D eigenvalue weighted by Gasteiger charge is -2.29. The van der Waals surface area contributed by atoms with Gasteiger partial charge in [0.25, 0.3) is 0 Å². The number of amides is 2. The second kappa shape index (κ2) is 15.6. The van der Waals surface area contributed by atoms with Crippen molar-refractivity contribution in [3.8, 4) is 0 Å². The van der Waals surface area contributed by atoms with Crippen molar-refractivity contribution < 1.29 is 29.4 Å². The van der Waals surface area contributed by atoms with Crippen molar-refractivity contribution in [3.05, 3.63) is 41.0 Å². The monoisotopic (exact) mass is 477 g/mol. The van der Waals surface area contributed by atoms with Gasteiger partial charge < -0.3 is 25.3 Å². The number of benzene rings is 1. The summed E-state index contributed by atoms with van der Waals surface area (Å²) in [5.41, 5.74) is 4.10. The molecule has 0 saturated heterocycles. The van der Waals surface area contributed by atoms with Crippen molar-refractivity contribution in [2.24, 2.45) is 0 Å². The fraction of sp³-hybridized carbons (Fsp3) is 0.520. The zero-order valence-corrected chi connectivity index (χ0v) is 21.3. The number of nitrogens with zero attached hydrogens (tertiary/aromatic N) is 2. The number of hydrogen-bond acceptors (Lipinski definition) is 5. The van der Waals surface area contributed by atoms with Gasteiger partial charge in [-0.15, -0.1) is 0 Å². The molecule has 1 aromatic carbocycles. The molecule has 0 saturated carbocycles. The predicted molar refractivity (Wildman–Crippen MR) is 133 cm³/mol. The van der Waals surface area contributed by atoms with Gasteiger partial charge in [0.2, 0.25) is 11.8 Å². The predicted octanol–water partition coefficient (Wildman–Crippen LogP) is 3.23. The maximum absolute atomic E-state index is 12.7. The summed E-state index contributed by atoms with van der Waals surface area (Å²) in [4.78, 5) is 47.9. The molecule has 0 aliphatic carbocycles. The van der Waals surface area contributed by atoms with Crippen molar-refractivity contribution in [1.82, 2.24) is 9.80 Å². The average molecular weight is 478 g/mol. The summed E-state index contributed by atoms with van der Waals surface area (Å²) in [6.07, 6.45) is 1.98. The van der Waals surface area contributed by atoms with Gasteiger partial charge in [0.15, 0.2) is 0 Å². The Labute approximate surface area is 202 Å². The Hall–Kier alpha value is -3.20. The van der Waals surface area contributed by atoms with Gasteiger partial charge in [0.05, 0.1) is 0 Å². The molecule has 9 nitrogen and oxygen atoms in total. The third kappa shape index (κ3) is 11.6. The summed E-state index contributed by atoms with van der Waals surface area (Å²) < 4.78 is 0. The van der Waals surface area contributed by atoms with Gasteiger partial charge in [-0.3, -0.25) is 9.59 Å². The summed E-state index contributed by atoms with van der Waals surface area (Å²) in [5, 5.41) is 18.6. The SMILES string of the molecule is CCN(CC)CCCN(C(C)=O)C(C)C(=O)Nc1c(C)cc(C)cc1C.O=C(O)C=CC(=O)O. The molecule has 0 aliphatic heterocycles. The summed E-state index contributed by atoms with van der Waals surface area (Å²) in [6.45, 7) is 17.1. The third-order valence-corrected chi connectivity index (χ3v) is 5.31. The second-order valence-corrected chi connectivity index (χ2v) is 8.04. The first-order chi connectivity index (χ1) is 15.8. The number of aryl methyl sites for hydroxylation is 3. The number of carbonyl (C=O) groups excluding carboxylic acids is 2. The molecule has 0 heterocycles. The molecule has 0 bridgehead atoms. The van der Waals surface area contributed by atoms with Crippen LogP contribution >= 0.6 is 0 Å². The average Bonchev–Trinajstić information content (AvgIpc) is 2.74. The molecule has 1 aromatic rings. The van der Waals surface area contributed by atoms with Crippen LogP contribution in [0.25, 0.3) is 0 Å². The minimum atomic E-state index is -1.26. The van der Waals surface area contributed by atoms with E-state index in [-0.39, 0.29) is 11.8 Å². The molecule has 0 fully saturated rings. The quantitative estimate of drug-likeness (QED) is 0.418. The first-order valence-electron chi connectivity index (χ1n) is 11.4. The lowest BCUT2D eigenvalue weighted by Crippen LogP contribution is -2.45. The summed E-state index contributed by atoms with van der Waals surface area (Å²) in [5.74, 6) is -2.72. The number of hydrogen-bond donors (Lipinski definition) is 3. The third-order valence-electron chi connectivity index (χ3n) is 5.31. The van der Waals surface area contributed by atoms with Gasteiger partial charge in [-0.1, -0.05) is 31.5 Å². The first kappa shape index (κ1) is 30.8. The van der Waals surface area contributed by atoms with E-state index < -0.39 is 18.0 Å². The van der Waals surface area contributed by atoms with Gasteiger partial charge in [0.1, 0.15) is 6.04 Å². The Bertz CT molecular complexity index is 838. The molecule has 0 aliphatic rings. The Morgan fingerprint density at radius 3 is 1.79 bits per heavy atom. The number of rotatable bonds is 11. The van der Waals surface area contributed by atoms with E-state index in [1.165, 1.54) is 12.5 Å². The lowest BCUT2D eigenvalue weighted by atomic mass is 10.0. The maximum Gasteiger partial charge on any atom is 0.328 e. The van der Waals surface area contributed by atoms with E-state index in [2.05, 4.69) is 36.2 Å². The largest absolute Gasteiger partial charge is 0.478 e. The number of nitrogens with one attached hydrogen (secondary N) is 1. The van der Waals surface area contributed by atoms with E-state index in [1.54, 1.807) is 11.8 Å². The molecule has 9 heteroatoms. The summed E-state index contributed by atoms with van der Waals surface area (Å²) in [6, 6.07) is 3.62. The highest BCUT2D eigenvalue weighted by Crippen LogP contribution is 2.22. The fourth-order valence-corrected chi connectivity index (χ4v) is 3.52. The molecule has 190 valence electrons. The number of carboxylic acid groups (broad SMARTS) is 2. The van der Waals surface area contributed by atoms with Crippen LogP contribution in [0.2, 0.25) is 0 Å². The summed E-state index contributed by atoms with van der Waals surface area (Å²) in [7, 11) is 0. The van der Waals surface area contributed by atoms with Gasteiger partial charge in [-0.05, 0) is 64.9 Å². The van der Waals surface area contributed by atoms with Crippen LogP contribution in [-0.4, -0.2) is 76.0 Å². The van der Waals surface area contributed by atoms with Crippen molar-refractivity contribution in [2.45, 2.75) is 60.9 Å². The molecule has 0 radical (unpaired) electrons. The van der Waals surface area contributed by atoms with Crippen LogP contribution in [0.1, 0.15) is 50.8 Å². The molecular formula is C25H39N3O6. The molecular weight excluding hydrogens is 438 g/mol. The number of anilines is 1. The van der Waals surface area contributed by atoms with Crippen LogP contribution in [0.3, 0.4) is 0 Å². The van der Waals surface area contributed by atoms with E-state index >= 15 is 0 Å². The van der Waals surface area contributed by atoms with Crippen LogP contribution in [0.15, 0.2) is 24.3 Å². The summed E-state index contributed by atoms with van der Waals surface area (Å²) >= 11 is 0. The Balaban J connectivity index is 0.00000116. The van der Waals surface area contributed by atoms with Crippen LogP contribution in [0.4, 0.5) is 5.69 Å². The molecule has 3 N–H and O–H groups in total. The molecule has 1 atom stereocenters. The second-order valence-electron chi connectivity index (χ2n) is 8.04. The van der Waals surface area contributed by atoms with Gasteiger partial charge >= 0.3 is 11.9 Å². The van der Waals surface area contributed by atoms with Crippen LogP contribution in [-0.2, 0) is 19.2 Å². The normalized spacial score (nSPS) is 11.5. The van der Waals surface area contributed by atoms with Crippen molar-refractivity contribution in [2.75, 3.05) is 31.5 Å². The minimum absolute atomic E-state index is 0.0652. The van der Waals surface area contributed by atoms with E-state index in [0.29, 0.717) is 18.7 Å². The highest BCUT2D eigenvalue weighted by atomic mass is 16.4. The van der Waals surface area contributed by atoms with Gasteiger partial charge in [0, 0.05) is 31.3 Å². The minimum Gasteiger partial charge on any atom is -0.478 e. The Morgan fingerprint density at radius 1 is 0.941 bits per heavy atom. The molecule has 1 unspecified atom stereocenters. The van der Waals surface area contributed by atoms with Crippen molar-refractivity contribution >= 4 is 29.4 Å². The van der Waals surface area contributed by atoms with Gasteiger partial charge in [-0.2, -0.15) is 0 Å². The number of aliphatic carboxylic acids is 2. The van der Waals surface area contributed by atoms with Gasteiger partial charge in [-0.25, -0.2) is 9.59 Å². The van der Waals surface area contributed by atoms with Crippen molar-refractivity contribution in [1.29, 1.82) is 0 Å². The smallest absolute Gasteiger partial charge is 0.328 e. The molecule has 0 spiro atoms. The Kier molecular flexibility index (Phi) is 14.1. The Morgan fingerprint density at radius 2 is 1.41 bits per heavy atom. The zero-order valence-electron chi connectivity index (χ0n) is 21.3. The maximum atomic E-state index is 12.7. The topological polar surface area (TPSA) is 127 Å². The van der Waals surface area contributed by atoms with Crippen molar-refractivity contribution in [3.63, 3.8) is 0 Å². The molecule has 1 rings (SSSR count). The standard InChI is InChI=1S/C21H35N3O2.C4H4O4/c1-8-23(9-2)11-10-12-24(19(7)25)18(6)21(26)22-20-16(4)13-15(3)14-17(20)5;5-3(6)1-2-4(7)8/h13-14,18H,8-12H2,1-7H3,(H,22,26);1-2H,(H,5,6)(H,7,8). The van der Waals surface area contributed by atoms with Crippen LogP contribution in [0, 0.1) is 20.8 Å². The number of carbonyl (C=O) groups is 4.